The molecule has 0 saturated carbocycles. The number of β-amino-alcohol motifs (C(OH)–C–C–N with tert-alkyl or cyclic N) is 1. The summed E-state index contributed by atoms with van der Waals surface area (Å²) in [6, 6.07) is 0. The Labute approximate surface area is 84.3 Å². The van der Waals surface area contributed by atoms with Crippen molar-refractivity contribution in [2.75, 3.05) is 26.2 Å². The second-order valence-corrected chi connectivity index (χ2v) is 4.47. The molecular weight excluding hydrogens is 180 g/mol. The molecule has 0 radical (unpaired) electrons. The van der Waals surface area contributed by atoms with Gasteiger partial charge >= 0.3 is 0 Å². The van der Waals surface area contributed by atoms with Crippen molar-refractivity contribution in [2.24, 2.45) is 11.8 Å². The van der Waals surface area contributed by atoms with Crippen LogP contribution in [0.2, 0.25) is 0 Å². The summed E-state index contributed by atoms with van der Waals surface area (Å²) in [4.78, 5) is 13.8. The van der Waals surface area contributed by atoms with Crippen molar-refractivity contribution in [3.8, 4) is 0 Å². The summed E-state index contributed by atoms with van der Waals surface area (Å²) in [6.07, 6.45) is 0.434. The molecule has 0 spiro atoms. The molecule has 0 aliphatic carbocycles. The molecule has 1 unspecified atom stereocenters. The van der Waals surface area contributed by atoms with E-state index in [1.807, 2.05) is 0 Å². The molecule has 3 atom stereocenters. The fourth-order valence-electron chi connectivity index (χ4n) is 2.32. The number of aliphatic hydroxyl groups excluding tert-OH is 1. The van der Waals surface area contributed by atoms with Gasteiger partial charge in [-0.1, -0.05) is 6.92 Å². The number of amides is 1. The largest absolute Gasteiger partial charge is 0.391 e. The average molecular weight is 198 g/mol. The Balaban J connectivity index is 1.94. The number of hydrogen-bond donors (Lipinski definition) is 2. The van der Waals surface area contributed by atoms with Crippen molar-refractivity contribution in [2.45, 2.75) is 19.4 Å². The third-order valence-corrected chi connectivity index (χ3v) is 3.31. The van der Waals surface area contributed by atoms with Crippen LogP contribution in [0.25, 0.3) is 0 Å². The van der Waals surface area contributed by atoms with Crippen molar-refractivity contribution in [1.82, 2.24) is 10.2 Å². The Bertz CT molecular complexity index is 232. The van der Waals surface area contributed by atoms with Gasteiger partial charge in [-0.3, -0.25) is 4.79 Å². The Morgan fingerprint density at radius 3 is 2.79 bits per heavy atom. The molecule has 2 fully saturated rings. The van der Waals surface area contributed by atoms with Crippen LogP contribution in [-0.2, 0) is 4.79 Å². The van der Waals surface area contributed by atoms with Gasteiger partial charge in [-0.2, -0.15) is 0 Å². The van der Waals surface area contributed by atoms with E-state index in [0.29, 0.717) is 12.5 Å². The second kappa shape index (κ2) is 3.87. The van der Waals surface area contributed by atoms with Crippen LogP contribution in [0.3, 0.4) is 0 Å². The number of hydrogen-bond acceptors (Lipinski definition) is 3. The molecule has 0 aromatic rings. The lowest BCUT2D eigenvalue weighted by Crippen LogP contribution is -2.37. The van der Waals surface area contributed by atoms with Crippen molar-refractivity contribution >= 4 is 5.91 Å². The van der Waals surface area contributed by atoms with Crippen molar-refractivity contribution in [3.63, 3.8) is 0 Å². The van der Waals surface area contributed by atoms with Gasteiger partial charge in [0.2, 0.25) is 5.91 Å². The highest BCUT2D eigenvalue weighted by Crippen LogP contribution is 2.21. The van der Waals surface area contributed by atoms with Gasteiger partial charge in [0.1, 0.15) is 0 Å². The number of nitrogens with zero attached hydrogens (tertiary/aromatic N) is 1. The molecule has 0 aromatic heterocycles. The van der Waals surface area contributed by atoms with E-state index < -0.39 is 0 Å². The maximum Gasteiger partial charge on any atom is 0.227 e. The minimum Gasteiger partial charge on any atom is -0.391 e. The molecule has 1 amide bonds. The Morgan fingerprint density at radius 2 is 2.29 bits per heavy atom. The number of likely N-dealkylation sites (tertiary alicyclic amines) is 1. The summed E-state index contributed by atoms with van der Waals surface area (Å²) >= 11 is 0. The van der Waals surface area contributed by atoms with Gasteiger partial charge in [0.05, 0.1) is 12.0 Å². The van der Waals surface area contributed by atoms with E-state index in [2.05, 4.69) is 12.2 Å². The number of rotatable bonds is 1. The van der Waals surface area contributed by atoms with Crippen LogP contribution in [0.5, 0.6) is 0 Å². The topological polar surface area (TPSA) is 52.6 Å². The Morgan fingerprint density at radius 1 is 1.50 bits per heavy atom. The molecule has 14 heavy (non-hydrogen) atoms. The van der Waals surface area contributed by atoms with Crippen LogP contribution in [0.15, 0.2) is 0 Å². The zero-order valence-corrected chi connectivity index (χ0v) is 8.57. The van der Waals surface area contributed by atoms with Crippen molar-refractivity contribution in [1.29, 1.82) is 0 Å². The summed E-state index contributed by atoms with van der Waals surface area (Å²) in [6.45, 7) is 5.10. The highest BCUT2D eigenvalue weighted by atomic mass is 16.3. The van der Waals surface area contributed by atoms with E-state index >= 15 is 0 Å². The normalized spacial score (nSPS) is 37.9. The molecule has 4 nitrogen and oxygen atoms in total. The molecule has 2 rings (SSSR count). The van der Waals surface area contributed by atoms with E-state index in [0.717, 1.165) is 26.1 Å². The highest BCUT2D eigenvalue weighted by Gasteiger charge is 2.35. The first-order valence-corrected chi connectivity index (χ1v) is 5.36. The minimum atomic E-state index is -0.302. The molecule has 0 aromatic carbocycles. The van der Waals surface area contributed by atoms with Crippen LogP contribution in [0.4, 0.5) is 0 Å². The number of nitrogens with one attached hydrogen (secondary N) is 1. The lowest BCUT2D eigenvalue weighted by atomic mass is 9.97. The molecule has 2 heterocycles. The van der Waals surface area contributed by atoms with Gasteiger partial charge in [-0.15, -0.1) is 0 Å². The number of carbonyl (C=O) groups excluding carboxylic acids is 1. The summed E-state index contributed by atoms with van der Waals surface area (Å²) in [5.74, 6) is 0.777. The smallest absolute Gasteiger partial charge is 0.227 e. The monoisotopic (exact) mass is 198 g/mol. The first-order chi connectivity index (χ1) is 6.68. The van der Waals surface area contributed by atoms with Gasteiger partial charge in [0.25, 0.3) is 0 Å². The molecular formula is C10H18N2O2. The van der Waals surface area contributed by atoms with Crippen LogP contribution < -0.4 is 5.32 Å². The third kappa shape index (κ3) is 1.77. The van der Waals surface area contributed by atoms with Gasteiger partial charge in [0, 0.05) is 19.6 Å². The molecule has 2 aliphatic rings. The summed E-state index contributed by atoms with van der Waals surface area (Å²) in [5.41, 5.74) is 0. The maximum absolute atomic E-state index is 12.0. The minimum absolute atomic E-state index is 0.125. The lowest BCUT2D eigenvalue weighted by molar-refractivity contribution is -0.135. The number of aliphatic hydroxyl groups is 1. The Hall–Kier alpha value is -0.610. The second-order valence-electron chi connectivity index (χ2n) is 4.47. The summed E-state index contributed by atoms with van der Waals surface area (Å²) < 4.78 is 0. The molecule has 2 N–H and O–H groups in total. The van der Waals surface area contributed by atoms with E-state index in [1.54, 1.807) is 4.90 Å². The quantitative estimate of drug-likeness (QED) is 0.593. The Kier molecular flexibility index (Phi) is 2.74. The van der Waals surface area contributed by atoms with E-state index in [9.17, 15) is 9.90 Å². The lowest BCUT2D eigenvalue weighted by Gasteiger charge is -2.21. The van der Waals surface area contributed by atoms with E-state index in [-0.39, 0.29) is 17.9 Å². The molecule has 80 valence electrons. The zero-order valence-electron chi connectivity index (χ0n) is 8.57. The van der Waals surface area contributed by atoms with Crippen LogP contribution >= 0.6 is 0 Å². The standard InChI is InChI=1S/C10H18N2O2/c1-7-4-11-5-9(7)10(14)12-3-2-8(13)6-12/h7-9,11,13H,2-6H2,1H3/t7-,8?,9-/m1/s1. The molecule has 2 saturated heterocycles. The van der Waals surface area contributed by atoms with Crippen molar-refractivity contribution in [3.05, 3.63) is 0 Å². The van der Waals surface area contributed by atoms with Crippen LogP contribution in [0.1, 0.15) is 13.3 Å². The first kappa shape index (κ1) is 9.93. The number of carbonyl (C=O) groups is 1. The fraction of sp³-hybridized carbons (Fsp3) is 0.900. The maximum atomic E-state index is 12.0. The van der Waals surface area contributed by atoms with Crippen molar-refractivity contribution < 1.29 is 9.90 Å². The first-order valence-electron chi connectivity index (χ1n) is 5.36. The SMILES string of the molecule is C[C@@H]1CNC[C@H]1C(=O)N1CCC(O)C1. The zero-order chi connectivity index (χ0) is 10.1. The van der Waals surface area contributed by atoms with E-state index in [4.69, 9.17) is 0 Å². The fourth-order valence-corrected chi connectivity index (χ4v) is 2.32. The molecule has 4 heteroatoms. The van der Waals surface area contributed by atoms with Gasteiger partial charge in [-0.05, 0) is 18.9 Å². The van der Waals surface area contributed by atoms with Gasteiger partial charge in [-0.25, -0.2) is 0 Å². The molecule has 2 aliphatic heterocycles. The summed E-state index contributed by atoms with van der Waals surface area (Å²) in [7, 11) is 0. The predicted octanol–water partition coefficient (Wildman–Crippen LogP) is -0.565. The van der Waals surface area contributed by atoms with Gasteiger partial charge in [0.15, 0.2) is 0 Å². The van der Waals surface area contributed by atoms with Gasteiger partial charge < -0.3 is 15.3 Å². The third-order valence-electron chi connectivity index (χ3n) is 3.31. The van der Waals surface area contributed by atoms with Crippen LogP contribution in [-0.4, -0.2) is 48.2 Å². The van der Waals surface area contributed by atoms with Crippen LogP contribution in [0, 0.1) is 11.8 Å². The summed E-state index contributed by atoms with van der Waals surface area (Å²) in [5, 5.41) is 12.6. The van der Waals surface area contributed by atoms with E-state index in [1.165, 1.54) is 0 Å². The average Bonchev–Trinajstić information content (AvgIpc) is 2.73. The predicted molar refractivity (Wildman–Crippen MR) is 52.7 cm³/mol. The molecule has 0 bridgehead atoms. The highest BCUT2D eigenvalue weighted by molar-refractivity contribution is 5.80.